The summed E-state index contributed by atoms with van der Waals surface area (Å²) >= 11 is 1.14. The van der Waals surface area contributed by atoms with Crippen LogP contribution in [0, 0.1) is 17.7 Å². The summed E-state index contributed by atoms with van der Waals surface area (Å²) in [6, 6.07) is 13.3. The van der Waals surface area contributed by atoms with Gasteiger partial charge in [0.05, 0.1) is 5.69 Å². The Labute approximate surface area is 187 Å². The molecule has 1 aromatic heterocycles. The molecule has 1 heterocycles. The standard InChI is InChI=1S/C24H29FN2O2S2/c1-17(18-7-3-2-4-8-18)15-26-16-19-9-5-6-10-22(19)27-31(28,29)24-14-20-13-21(25)11-12-23(20)30-24/h5-6,9-14,17-18,26-27H,2-4,7-8,15-16H2,1H3. The lowest BCUT2D eigenvalue weighted by atomic mass is 9.81. The van der Waals surface area contributed by atoms with Gasteiger partial charge in [0.25, 0.3) is 10.0 Å². The zero-order valence-electron chi connectivity index (χ0n) is 17.7. The molecule has 2 N–H and O–H groups in total. The molecule has 31 heavy (non-hydrogen) atoms. The van der Waals surface area contributed by atoms with Crippen LogP contribution in [0.4, 0.5) is 10.1 Å². The van der Waals surface area contributed by atoms with Crippen molar-refractivity contribution < 1.29 is 12.8 Å². The van der Waals surface area contributed by atoms with E-state index in [1.165, 1.54) is 50.3 Å². The van der Waals surface area contributed by atoms with Gasteiger partial charge < -0.3 is 5.32 Å². The molecule has 4 nitrogen and oxygen atoms in total. The van der Waals surface area contributed by atoms with Crippen molar-refractivity contribution >= 4 is 37.1 Å². The van der Waals surface area contributed by atoms with E-state index < -0.39 is 10.0 Å². The monoisotopic (exact) mass is 460 g/mol. The number of benzene rings is 2. The van der Waals surface area contributed by atoms with Crippen LogP contribution >= 0.6 is 11.3 Å². The lowest BCUT2D eigenvalue weighted by Crippen LogP contribution is -2.27. The fraction of sp³-hybridized carbons (Fsp3) is 0.417. The quantitative estimate of drug-likeness (QED) is 0.424. The van der Waals surface area contributed by atoms with Crippen LogP contribution in [0.2, 0.25) is 0 Å². The molecule has 1 unspecified atom stereocenters. The van der Waals surface area contributed by atoms with E-state index in [0.717, 1.165) is 34.1 Å². The molecule has 1 atom stereocenters. The molecule has 3 aromatic rings. The minimum atomic E-state index is -3.75. The summed E-state index contributed by atoms with van der Waals surface area (Å²) in [5.74, 6) is 1.02. The summed E-state index contributed by atoms with van der Waals surface area (Å²) in [6.07, 6.45) is 6.67. The molecule has 1 aliphatic rings. The topological polar surface area (TPSA) is 58.2 Å². The molecular formula is C24H29FN2O2S2. The highest BCUT2D eigenvalue weighted by molar-refractivity contribution is 7.94. The lowest BCUT2D eigenvalue weighted by Gasteiger charge is -2.28. The van der Waals surface area contributed by atoms with Crippen LogP contribution in [0.5, 0.6) is 0 Å². The first-order chi connectivity index (χ1) is 14.9. The molecule has 7 heteroatoms. The SMILES string of the molecule is CC(CNCc1ccccc1NS(=O)(=O)c1cc2cc(F)ccc2s1)C1CCCCC1. The van der Waals surface area contributed by atoms with Crippen molar-refractivity contribution in [2.45, 2.75) is 49.8 Å². The summed E-state index contributed by atoms with van der Waals surface area (Å²) in [6.45, 7) is 3.84. The van der Waals surface area contributed by atoms with Gasteiger partial charge in [0.1, 0.15) is 10.0 Å². The van der Waals surface area contributed by atoms with Crippen molar-refractivity contribution in [1.29, 1.82) is 0 Å². The number of hydrogen-bond donors (Lipinski definition) is 2. The van der Waals surface area contributed by atoms with E-state index in [0.29, 0.717) is 23.5 Å². The van der Waals surface area contributed by atoms with E-state index in [1.807, 2.05) is 18.2 Å². The minimum Gasteiger partial charge on any atom is -0.312 e. The summed E-state index contributed by atoms with van der Waals surface area (Å²) in [7, 11) is -3.75. The molecule has 0 bridgehead atoms. The Kier molecular flexibility index (Phi) is 6.94. The first kappa shape index (κ1) is 22.2. The average molecular weight is 461 g/mol. The third-order valence-corrected chi connectivity index (χ3v) is 9.17. The van der Waals surface area contributed by atoms with E-state index in [1.54, 1.807) is 12.1 Å². The maximum Gasteiger partial charge on any atom is 0.271 e. The molecule has 0 saturated heterocycles. The molecule has 0 radical (unpaired) electrons. The van der Waals surface area contributed by atoms with Crippen molar-refractivity contribution in [3.8, 4) is 0 Å². The normalized spacial score (nSPS) is 16.5. The van der Waals surface area contributed by atoms with Crippen molar-refractivity contribution in [3.63, 3.8) is 0 Å². The Morgan fingerprint density at radius 1 is 1.10 bits per heavy atom. The maximum atomic E-state index is 13.5. The van der Waals surface area contributed by atoms with Gasteiger partial charge in [-0.05, 0) is 59.7 Å². The maximum absolute atomic E-state index is 13.5. The van der Waals surface area contributed by atoms with Gasteiger partial charge in [-0.1, -0.05) is 57.2 Å². The van der Waals surface area contributed by atoms with Crippen LogP contribution < -0.4 is 10.0 Å². The van der Waals surface area contributed by atoms with E-state index in [2.05, 4.69) is 17.0 Å². The second-order valence-corrected chi connectivity index (χ2v) is 11.5. The Balaban J connectivity index is 1.43. The number of rotatable bonds is 8. The van der Waals surface area contributed by atoms with Gasteiger partial charge in [-0.15, -0.1) is 11.3 Å². The van der Waals surface area contributed by atoms with E-state index in [-0.39, 0.29) is 10.0 Å². The fourth-order valence-corrected chi connectivity index (χ4v) is 6.87. The highest BCUT2D eigenvalue weighted by Gasteiger charge is 2.21. The van der Waals surface area contributed by atoms with E-state index in [4.69, 9.17) is 0 Å². The number of nitrogens with one attached hydrogen (secondary N) is 2. The molecule has 2 aromatic carbocycles. The molecule has 0 amide bonds. The van der Waals surface area contributed by atoms with Crippen LogP contribution in [0.25, 0.3) is 10.1 Å². The number of thiophene rings is 1. The fourth-order valence-electron chi connectivity index (χ4n) is 4.40. The first-order valence-electron chi connectivity index (χ1n) is 10.9. The predicted octanol–water partition coefficient (Wildman–Crippen LogP) is 6.15. The number of para-hydroxylation sites is 1. The van der Waals surface area contributed by atoms with Gasteiger partial charge in [-0.25, -0.2) is 12.8 Å². The Morgan fingerprint density at radius 3 is 2.68 bits per heavy atom. The molecular weight excluding hydrogens is 431 g/mol. The van der Waals surface area contributed by atoms with Gasteiger partial charge in [-0.2, -0.15) is 0 Å². The van der Waals surface area contributed by atoms with Crippen LogP contribution in [-0.4, -0.2) is 15.0 Å². The van der Waals surface area contributed by atoms with Crippen LogP contribution in [0.1, 0.15) is 44.6 Å². The second-order valence-electron chi connectivity index (χ2n) is 8.52. The number of anilines is 1. The molecule has 0 aliphatic heterocycles. The number of fused-ring (bicyclic) bond motifs is 1. The van der Waals surface area contributed by atoms with Crippen molar-refractivity contribution in [2.24, 2.45) is 11.8 Å². The highest BCUT2D eigenvalue weighted by atomic mass is 32.2. The summed E-state index contributed by atoms with van der Waals surface area (Å²) < 4.78 is 43.1. The summed E-state index contributed by atoms with van der Waals surface area (Å²) in [5.41, 5.74) is 1.48. The van der Waals surface area contributed by atoms with Crippen molar-refractivity contribution in [2.75, 3.05) is 11.3 Å². The number of halogens is 1. The van der Waals surface area contributed by atoms with Crippen molar-refractivity contribution in [3.05, 3.63) is 59.9 Å². The molecule has 1 saturated carbocycles. The van der Waals surface area contributed by atoms with Gasteiger partial charge in [0.2, 0.25) is 0 Å². The zero-order valence-corrected chi connectivity index (χ0v) is 19.4. The summed E-state index contributed by atoms with van der Waals surface area (Å²) in [4.78, 5) is 0. The smallest absolute Gasteiger partial charge is 0.271 e. The molecule has 166 valence electrons. The van der Waals surface area contributed by atoms with E-state index >= 15 is 0 Å². The Morgan fingerprint density at radius 2 is 1.87 bits per heavy atom. The van der Waals surface area contributed by atoms with Gasteiger partial charge in [0, 0.05) is 11.2 Å². The summed E-state index contributed by atoms with van der Waals surface area (Å²) in [5, 5.41) is 4.11. The van der Waals surface area contributed by atoms with Crippen LogP contribution in [0.15, 0.2) is 52.7 Å². The zero-order chi connectivity index (χ0) is 21.8. The highest BCUT2D eigenvalue weighted by Crippen LogP contribution is 2.32. The Hall–Kier alpha value is -1.96. The Bertz CT molecular complexity index is 1140. The number of hydrogen-bond acceptors (Lipinski definition) is 4. The first-order valence-corrected chi connectivity index (χ1v) is 13.2. The predicted molar refractivity (Wildman–Crippen MR) is 126 cm³/mol. The lowest BCUT2D eigenvalue weighted by molar-refractivity contribution is 0.256. The molecule has 0 spiro atoms. The third-order valence-electron chi connectivity index (χ3n) is 6.22. The van der Waals surface area contributed by atoms with Crippen LogP contribution in [-0.2, 0) is 16.6 Å². The average Bonchev–Trinajstić information content (AvgIpc) is 3.19. The molecule has 1 aliphatic carbocycles. The van der Waals surface area contributed by atoms with Gasteiger partial charge in [-0.3, -0.25) is 4.72 Å². The van der Waals surface area contributed by atoms with Gasteiger partial charge in [0.15, 0.2) is 0 Å². The molecule has 1 fully saturated rings. The largest absolute Gasteiger partial charge is 0.312 e. The van der Waals surface area contributed by atoms with E-state index in [9.17, 15) is 12.8 Å². The third kappa shape index (κ3) is 5.45. The van der Waals surface area contributed by atoms with Gasteiger partial charge >= 0.3 is 0 Å². The minimum absolute atomic E-state index is 0.182. The van der Waals surface area contributed by atoms with Crippen LogP contribution in [0.3, 0.4) is 0 Å². The second kappa shape index (κ2) is 9.67. The number of sulfonamides is 1. The molecule has 4 rings (SSSR count). The van der Waals surface area contributed by atoms with Crippen molar-refractivity contribution in [1.82, 2.24) is 5.32 Å².